The number of para-hydroxylation sites is 1. The predicted octanol–water partition coefficient (Wildman–Crippen LogP) is 2.24. The van der Waals surface area contributed by atoms with E-state index >= 15 is 0 Å². The molecule has 0 radical (unpaired) electrons. The Morgan fingerprint density at radius 1 is 1.13 bits per heavy atom. The minimum Gasteiger partial charge on any atom is -0.369 e. The van der Waals surface area contributed by atoms with Crippen LogP contribution in [0.25, 0.3) is 6.08 Å². The molecule has 3 N–H and O–H groups in total. The topological polar surface area (TPSA) is 96.0 Å². The zero-order chi connectivity index (χ0) is 16.7. The van der Waals surface area contributed by atoms with Crippen molar-refractivity contribution in [2.45, 2.75) is 6.42 Å². The molecule has 2 aromatic carbocycles. The minimum absolute atomic E-state index is 0.0530. The first-order valence-electron chi connectivity index (χ1n) is 6.94. The van der Waals surface area contributed by atoms with Crippen molar-refractivity contribution < 1.29 is 9.59 Å². The highest BCUT2D eigenvalue weighted by Crippen LogP contribution is 2.16. The Hall–Kier alpha value is -3.39. The maximum Gasteiger partial charge on any atom is 0.248 e. The van der Waals surface area contributed by atoms with Crippen molar-refractivity contribution in [1.82, 2.24) is 0 Å². The average Bonchev–Trinajstić information content (AvgIpc) is 2.54. The van der Waals surface area contributed by atoms with E-state index in [0.717, 1.165) is 0 Å². The molecule has 114 valence electrons. The molecule has 0 atom stereocenters. The molecule has 23 heavy (non-hydrogen) atoms. The van der Waals surface area contributed by atoms with E-state index in [-0.39, 0.29) is 12.3 Å². The summed E-state index contributed by atoms with van der Waals surface area (Å²) in [6.07, 6.45) is 2.97. The number of hydrogen-bond donors (Lipinski definition) is 2. The molecule has 0 saturated heterocycles. The molecular formula is C18H15N3O2. The van der Waals surface area contributed by atoms with E-state index < -0.39 is 5.91 Å². The second-order valence-corrected chi connectivity index (χ2v) is 4.82. The second kappa shape index (κ2) is 7.57. The molecule has 5 heteroatoms. The summed E-state index contributed by atoms with van der Waals surface area (Å²) in [5.74, 6) is -0.820. The molecule has 0 bridgehead atoms. The van der Waals surface area contributed by atoms with Crippen molar-refractivity contribution >= 4 is 23.6 Å². The molecule has 5 nitrogen and oxygen atoms in total. The van der Waals surface area contributed by atoms with Crippen LogP contribution in [-0.2, 0) is 16.0 Å². The van der Waals surface area contributed by atoms with Gasteiger partial charge in [-0.15, -0.1) is 0 Å². The third-order valence-electron chi connectivity index (χ3n) is 3.14. The zero-order valence-corrected chi connectivity index (χ0v) is 12.3. The van der Waals surface area contributed by atoms with Crippen LogP contribution in [0.1, 0.15) is 16.7 Å². The van der Waals surface area contributed by atoms with E-state index in [4.69, 9.17) is 11.0 Å². The van der Waals surface area contributed by atoms with E-state index in [9.17, 15) is 9.59 Å². The van der Waals surface area contributed by atoms with Gasteiger partial charge in [0.1, 0.15) is 0 Å². The molecule has 0 fully saturated rings. The maximum atomic E-state index is 12.0. The SMILES string of the molecule is N#Cc1ccccc1/C=C/C(=O)Nc1ccccc1CC(N)=O. The smallest absolute Gasteiger partial charge is 0.248 e. The fourth-order valence-electron chi connectivity index (χ4n) is 2.07. The highest BCUT2D eigenvalue weighted by atomic mass is 16.1. The molecule has 0 unspecified atom stereocenters. The molecular weight excluding hydrogens is 290 g/mol. The van der Waals surface area contributed by atoms with Crippen LogP contribution in [0.4, 0.5) is 5.69 Å². The van der Waals surface area contributed by atoms with Gasteiger partial charge in [-0.3, -0.25) is 9.59 Å². The first kappa shape index (κ1) is 16.0. The largest absolute Gasteiger partial charge is 0.369 e. The van der Waals surface area contributed by atoms with Crippen molar-refractivity contribution in [3.05, 3.63) is 71.3 Å². The van der Waals surface area contributed by atoms with Gasteiger partial charge in [-0.1, -0.05) is 36.4 Å². The van der Waals surface area contributed by atoms with Gasteiger partial charge < -0.3 is 11.1 Å². The van der Waals surface area contributed by atoms with Crippen molar-refractivity contribution in [1.29, 1.82) is 5.26 Å². The van der Waals surface area contributed by atoms with Gasteiger partial charge in [-0.2, -0.15) is 5.26 Å². The second-order valence-electron chi connectivity index (χ2n) is 4.82. The van der Waals surface area contributed by atoms with E-state index in [1.165, 1.54) is 6.08 Å². The third-order valence-corrected chi connectivity index (χ3v) is 3.14. The van der Waals surface area contributed by atoms with Crippen LogP contribution in [0.3, 0.4) is 0 Å². The van der Waals surface area contributed by atoms with E-state index in [0.29, 0.717) is 22.4 Å². The van der Waals surface area contributed by atoms with Crippen LogP contribution in [0.5, 0.6) is 0 Å². The summed E-state index contributed by atoms with van der Waals surface area (Å²) < 4.78 is 0. The highest BCUT2D eigenvalue weighted by Gasteiger charge is 2.07. The zero-order valence-electron chi connectivity index (χ0n) is 12.3. The van der Waals surface area contributed by atoms with Crippen LogP contribution in [0.15, 0.2) is 54.6 Å². The molecule has 0 heterocycles. The summed E-state index contributed by atoms with van der Waals surface area (Å²) in [4.78, 5) is 23.1. The first-order chi connectivity index (χ1) is 11.1. The Morgan fingerprint density at radius 3 is 2.57 bits per heavy atom. The molecule has 0 aliphatic heterocycles. The lowest BCUT2D eigenvalue weighted by Crippen LogP contribution is -2.16. The number of carbonyl (C=O) groups excluding carboxylic acids is 2. The van der Waals surface area contributed by atoms with Crippen LogP contribution >= 0.6 is 0 Å². The standard InChI is InChI=1S/C18H15N3O2/c19-12-15-7-2-1-5-13(15)9-10-18(23)21-16-8-4-3-6-14(16)11-17(20)22/h1-10H,11H2,(H2,20,22)(H,21,23)/b10-9+. The van der Waals surface area contributed by atoms with Gasteiger partial charge in [0, 0.05) is 11.8 Å². The van der Waals surface area contributed by atoms with Gasteiger partial charge in [0.15, 0.2) is 0 Å². The lowest BCUT2D eigenvalue weighted by molar-refractivity contribution is -0.117. The Balaban J connectivity index is 2.13. The predicted molar refractivity (Wildman–Crippen MR) is 88.2 cm³/mol. The summed E-state index contributed by atoms with van der Waals surface area (Å²) >= 11 is 0. The number of carbonyl (C=O) groups is 2. The number of benzene rings is 2. The summed E-state index contributed by atoms with van der Waals surface area (Å²) in [5, 5.41) is 11.7. The number of primary amides is 1. The Kier molecular flexibility index (Phi) is 5.26. The summed E-state index contributed by atoms with van der Waals surface area (Å²) in [5.41, 5.74) is 7.54. The van der Waals surface area contributed by atoms with E-state index in [2.05, 4.69) is 11.4 Å². The van der Waals surface area contributed by atoms with Crippen LogP contribution < -0.4 is 11.1 Å². The fraction of sp³-hybridized carbons (Fsp3) is 0.0556. The quantitative estimate of drug-likeness (QED) is 0.829. The van der Waals surface area contributed by atoms with Crippen molar-refractivity contribution in [3.63, 3.8) is 0 Å². The number of rotatable bonds is 5. The molecule has 0 spiro atoms. The fourth-order valence-corrected chi connectivity index (χ4v) is 2.07. The molecule has 0 aromatic heterocycles. The average molecular weight is 305 g/mol. The number of nitriles is 1. The van der Waals surface area contributed by atoms with Gasteiger partial charge in [0.25, 0.3) is 0 Å². The monoisotopic (exact) mass is 305 g/mol. The lowest BCUT2D eigenvalue weighted by Gasteiger charge is -2.08. The van der Waals surface area contributed by atoms with Gasteiger partial charge in [0.2, 0.25) is 11.8 Å². The van der Waals surface area contributed by atoms with Gasteiger partial charge in [-0.05, 0) is 29.3 Å². The van der Waals surface area contributed by atoms with Crippen molar-refractivity contribution in [3.8, 4) is 6.07 Å². The number of amides is 2. The van der Waals surface area contributed by atoms with Crippen molar-refractivity contribution in [2.24, 2.45) is 5.73 Å². The molecule has 0 aliphatic rings. The van der Waals surface area contributed by atoms with Crippen LogP contribution in [0.2, 0.25) is 0 Å². The number of hydrogen-bond acceptors (Lipinski definition) is 3. The summed E-state index contributed by atoms with van der Waals surface area (Å²) in [7, 11) is 0. The first-order valence-corrected chi connectivity index (χ1v) is 6.94. The summed E-state index contributed by atoms with van der Waals surface area (Å²) in [6.45, 7) is 0. The van der Waals surface area contributed by atoms with Gasteiger partial charge in [0.05, 0.1) is 18.1 Å². The molecule has 2 rings (SSSR count). The molecule has 2 aromatic rings. The number of nitrogens with zero attached hydrogens (tertiary/aromatic N) is 1. The van der Waals surface area contributed by atoms with E-state index in [1.807, 2.05) is 0 Å². The minimum atomic E-state index is -0.467. The number of anilines is 1. The van der Waals surface area contributed by atoms with E-state index in [1.54, 1.807) is 54.6 Å². The van der Waals surface area contributed by atoms with Gasteiger partial charge in [-0.25, -0.2) is 0 Å². The lowest BCUT2D eigenvalue weighted by atomic mass is 10.1. The Morgan fingerprint density at radius 2 is 1.83 bits per heavy atom. The molecule has 0 saturated carbocycles. The Labute approximate surface area is 134 Å². The van der Waals surface area contributed by atoms with Gasteiger partial charge >= 0.3 is 0 Å². The molecule has 0 aliphatic carbocycles. The maximum absolute atomic E-state index is 12.0. The highest BCUT2D eigenvalue weighted by molar-refractivity contribution is 6.02. The number of nitrogens with two attached hydrogens (primary N) is 1. The van der Waals surface area contributed by atoms with Crippen LogP contribution in [0, 0.1) is 11.3 Å². The third kappa shape index (κ3) is 4.55. The van der Waals surface area contributed by atoms with Crippen LogP contribution in [-0.4, -0.2) is 11.8 Å². The Bertz CT molecular complexity index is 804. The number of nitrogens with one attached hydrogen (secondary N) is 1. The molecule has 2 amide bonds. The summed E-state index contributed by atoms with van der Waals surface area (Å²) in [6, 6.07) is 16.0. The normalized spacial score (nSPS) is 10.2. The van der Waals surface area contributed by atoms with Crippen molar-refractivity contribution in [2.75, 3.05) is 5.32 Å².